The lowest BCUT2D eigenvalue weighted by atomic mass is 10.1. The number of aliphatic hydroxyl groups excluding tert-OH is 1. The van der Waals surface area contributed by atoms with E-state index in [0.29, 0.717) is 12.1 Å². The smallest absolute Gasteiger partial charge is 0.0622 e. The largest absolute Gasteiger partial charge is 0.396 e. The summed E-state index contributed by atoms with van der Waals surface area (Å²) in [5.74, 6) is 0. The van der Waals surface area contributed by atoms with Gasteiger partial charge in [-0.25, -0.2) is 0 Å². The molecule has 0 aromatic heterocycles. The highest BCUT2D eigenvalue weighted by Crippen LogP contribution is 2.11. The minimum atomic E-state index is 0.266. The third-order valence-electron chi connectivity index (χ3n) is 3.44. The molecule has 17 heavy (non-hydrogen) atoms. The highest BCUT2D eigenvalue weighted by molar-refractivity contribution is 4.79. The fourth-order valence-electron chi connectivity index (χ4n) is 2.35. The van der Waals surface area contributed by atoms with E-state index in [1.54, 1.807) is 0 Å². The molecule has 0 radical (unpaired) electrons. The molecule has 1 saturated heterocycles. The van der Waals surface area contributed by atoms with Crippen LogP contribution in [0.3, 0.4) is 0 Å². The standard InChI is InChI=1S/C13H28N2O2/c1-3-6-14-12(5-8-16)10-15-7-9-17-11-13(15)4-2/h12-14,16H,3-11H2,1-2H3. The third-order valence-corrected chi connectivity index (χ3v) is 3.44. The van der Waals surface area contributed by atoms with Crippen LogP contribution in [0.5, 0.6) is 0 Å². The molecule has 102 valence electrons. The summed E-state index contributed by atoms with van der Waals surface area (Å²) in [5.41, 5.74) is 0. The summed E-state index contributed by atoms with van der Waals surface area (Å²) < 4.78 is 5.51. The van der Waals surface area contributed by atoms with Crippen LogP contribution in [-0.2, 0) is 4.74 Å². The van der Waals surface area contributed by atoms with Gasteiger partial charge in [-0.05, 0) is 25.8 Å². The first-order valence-electron chi connectivity index (χ1n) is 6.97. The zero-order valence-corrected chi connectivity index (χ0v) is 11.3. The highest BCUT2D eigenvalue weighted by atomic mass is 16.5. The van der Waals surface area contributed by atoms with Crippen molar-refractivity contribution in [3.05, 3.63) is 0 Å². The summed E-state index contributed by atoms with van der Waals surface area (Å²) >= 11 is 0. The molecule has 0 aliphatic carbocycles. The van der Waals surface area contributed by atoms with E-state index in [2.05, 4.69) is 24.1 Å². The van der Waals surface area contributed by atoms with Gasteiger partial charge in [-0.2, -0.15) is 0 Å². The number of rotatable bonds is 8. The van der Waals surface area contributed by atoms with Crippen molar-refractivity contribution in [1.82, 2.24) is 10.2 Å². The Balaban J connectivity index is 2.39. The Labute approximate surface area is 105 Å². The molecule has 4 heteroatoms. The Bertz CT molecular complexity index is 190. The SMILES string of the molecule is CCCNC(CCO)CN1CCOCC1CC. The van der Waals surface area contributed by atoms with Crippen LogP contribution in [0.2, 0.25) is 0 Å². The summed E-state index contributed by atoms with van der Waals surface area (Å²) in [4.78, 5) is 2.51. The van der Waals surface area contributed by atoms with Crippen LogP contribution in [0.25, 0.3) is 0 Å². The Morgan fingerprint density at radius 2 is 2.29 bits per heavy atom. The predicted octanol–water partition coefficient (Wildman–Crippen LogP) is 0.848. The molecule has 0 amide bonds. The Kier molecular flexibility index (Phi) is 7.77. The normalized spacial score (nSPS) is 23.8. The lowest BCUT2D eigenvalue weighted by molar-refractivity contribution is -0.0135. The van der Waals surface area contributed by atoms with Crippen LogP contribution in [0.15, 0.2) is 0 Å². The summed E-state index contributed by atoms with van der Waals surface area (Å²) in [6, 6.07) is 0.959. The van der Waals surface area contributed by atoms with Gasteiger partial charge in [0.25, 0.3) is 0 Å². The van der Waals surface area contributed by atoms with Crippen LogP contribution < -0.4 is 5.32 Å². The topological polar surface area (TPSA) is 44.7 Å². The monoisotopic (exact) mass is 244 g/mol. The zero-order chi connectivity index (χ0) is 12.5. The summed E-state index contributed by atoms with van der Waals surface area (Å²) in [7, 11) is 0. The van der Waals surface area contributed by atoms with Crippen LogP contribution in [0.4, 0.5) is 0 Å². The second-order valence-electron chi connectivity index (χ2n) is 4.80. The van der Waals surface area contributed by atoms with Crippen molar-refractivity contribution in [3.63, 3.8) is 0 Å². The zero-order valence-electron chi connectivity index (χ0n) is 11.3. The minimum Gasteiger partial charge on any atom is -0.396 e. The van der Waals surface area contributed by atoms with E-state index in [-0.39, 0.29) is 6.61 Å². The van der Waals surface area contributed by atoms with Gasteiger partial charge in [0.2, 0.25) is 0 Å². The molecule has 2 unspecified atom stereocenters. The predicted molar refractivity (Wildman–Crippen MR) is 70.3 cm³/mol. The number of nitrogens with zero attached hydrogens (tertiary/aromatic N) is 1. The van der Waals surface area contributed by atoms with E-state index < -0.39 is 0 Å². The van der Waals surface area contributed by atoms with Crippen molar-refractivity contribution in [3.8, 4) is 0 Å². The van der Waals surface area contributed by atoms with Gasteiger partial charge in [-0.15, -0.1) is 0 Å². The maximum Gasteiger partial charge on any atom is 0.0622 e. The molecule has 0 spiro atoms. The molecule has 0 saturated carbocycles. The summed E-state index contributed by atoms with van der Waals surface area (Å²) in [6.45, 7) is 9.44. The molecule has 0 bridgehead atoms. The summed E-state index contributed by atoms with van der Waals surface area (Å²) in [6.07, 6.45) is 3.12. The van der Waals surface area contributed by atoms with Crippen LogP contribution >= 0.6 is 0 Å². The molecule has 2 atom stereocenters. The van der Waals surface area contributed by atoms with Crippen molar-refractivity contribution in [2.75, 3.05) is 39.5 Å². The van der Waals surface area contributed by atoms with Crippen molar-refractivity contribution in [1.29, 1.82) is 0 Å². The van der Waals surface area contributed by atoms with Gasteiger partial charge in [0.1, 0.15) is 0 Å². The average molecular weight is 244 g/mol. The first-order valence-corrected chi connectivity index (χ1v) is 6.97. The van der Waals surface area contributed by atoms with Crippen LogP contribution in [0.1, 0.15) is 33.1 Å². The second-order valence-corrected chi connectivity index (χ2v) is 4.80. The van der Waals surface area contributed by atoms with E-state index >= 15 is 0 Å². The molecule has 0 aromatic rings. The van der Waals surface area contributed by atoms with Gasteiger partial charge in [-0.3, -0.25) is 4.90 Å². The minimum absolute atomic E-state index is 0.266. The molecule has 1 aliphatic heterocycles. The van der Waals surface area contributed by atoms with Crippen molar-refractivity contribution in [2.24, 2.45) is 0 Å². The Morgan fingerprint density at radius 3 is 2.94 bits per heavy atom. The Morgan fingerprint density at radius 1 is 1.47 bits per heavy atom. The average Bonchev–Trinajstić information content (AvgIpc) is 2.37. The Hall–Kier alpha value is -0.160. The molecular weight excluding hydrogens is 216 g/mol. The van der Waals surface area contributed by atoms with E-state index in [0.717, 1.165) is 52.1 Å². The molecule has 4 nitrogen and oxygen atoms in total. The lowest BCUT2D eigenvalue weighted by Crippen LogP contribution is -2.51. The molecular formula is C13H28N2O2. The molecule has 1 fully saturated rings. The quantitative estimate of drug-likeness (QED) is 0.664. The van der Waals surface area contributed by atoms with Crippen molar-refractivity contribution < 1.29 is 9.84 Å². The van der Waals surface area contributed by atoms with E-state index in [9.17, 15) is 0 Å². The van der Waals surface area contributed by atoms with Crippen molar-refractivity contribution >= 4 is 0 Å². The van der Waals surface area contributed by atoms with E-state index in [1.807, 2.05) is 0 Å². The van der Waals surface area contributed by atoms with Gasteiger partial charge >= 0.3 is 0 Å². The molecule has 1 rings (SSSR count). The first-order chi connectivity index (χ1) is 8.31. The maximum absolute atomic E-state index is 9.11. The number of hydrogen-bond acceptors (Lipinski definition) is 4. The highest BCUT2D eigenvalue weighted by Gasteiger charge is 2.23. The lowest BCUT2D eigenvalue weighted by Gasteiger charge is -2.37. The van der Waals surface area contributed by atoms with Crippen molar-refractivity contribution in [2.45, 2.75) is 45.2 Å². The first kappa shape index (κ1) is 14.9. The van der Waals surface area contributed by atoms with Crippen LogP contribution in [-0.4, -0.2) is 61.5 Å². The van der Waals surface area contributed by atoms with Gasteiger partial charge in [0.15, 0.2) is 0 Å². The number of morpholine rings is 1. The molecule has 2 N–H and O–H groups in total. The number of nitrogens with one attached hydrogen (secondary N) is 1. The van der Waals surface area contributed by atoms with Gasteiger partial charge in [-0.1, -0.05) is 13.8 Å². The van der Waals surface area contributed by atoms with E-state index in [1.165, 1.54) is 0 Å². The summed E-state index contributed by atoms with van der Waals surface area (Å²) in [5, 5.41) is 12.6. The molecule has 1 aliphatic rings. The third kappa shape index (κ3) is 5.34. The number of aliphatic hydroxyl groups is 1. The molecule has 1 heterocycles. The fourth-order valence-corrected chi connectivity index (χ4v) is 2.35. The van der Waals surface area contributed by atoms with Gasteiger partial charge in [0, 0.05) is 31.8 Å². The van der Waals surface area contributed by atoms with E-state index in [4.69, 9.17) is 9.84 Å². The van der Waals surface area contributed by atoms with Crippen LogP contribution in [0, 0.1) is 0 Å². The second kappa shape index (κ2) is 8.86. The number of hydrogen-bond donors (Lipinski definition) is 2. The maximum atomic E-state index is 9.11. The molecule has 0 aromatic carbocycles. The van der Waals surface area contributed by atoms with Gasteiger partial charge < -0.3 is 15.2 Å². The fraction of sp³-hybridized carbons (Fsp3) is 1.00. The number of ether oxygens (including phenoxy) is 1. The van der Waals surface area contributed by atoms with Gasteiger partial charge in [0.05, 0.1) is 13.2 Å².